The van der Waals surface area contributed by atoms with Gasteiger partial charge < -0.3 is 5.11 Å². The third-order valence-corrected chi connectivity index (χ3v) is 4.35. The maximum atomic E-state index is 9.78. The van der Waals surface area contributed by atoms with Gasteiger partial charge in [0.1, 0.15) is 0 Å². The Kier molecular flexibility index (Phi) is 4.78. The molecule has 106 valence electrons. The molecule has 3 nitrogen and oxygen atoms in total. The van der Waals surface area contributed by atoms with Crippen LogP contribution < -0.4 is 0 Å². The molecule has 0 saturated heterocycles. The minimum absolute atomic E-state index is 0.380. The van der Waals surface area contributed by atoms with Gasteiger partial charge in [-0.05, 0) is 62.2 Å². The summed E-state index contributed by atoms with van der Waals surface area (Å²) >= 11 is 1.55. The SMILES string of the molecule is CC[C@@H](O)c1ccc(Sc2nc(C)c(C)c(C)n2)cc1. The van der Waals surface area contributed by atoms with Gasteiger partial charge >= 0.3 is 0 Å². The van der Waals surface area contributed by atoms with Gasteiger partial charge in [0, 0.05) is 16.3 Å². The molecule has 1 aromatic heterocycles. The Hall–Kier alpha value is -1.39. The van der Waals surface area contributed by atoms with E-state index in [0.29, 0.717) is 0 Å². The molecule has 0 aliphatic rings. The Labute approximate surface area is 124 Å². The van der Waals surface area contributed by atoms with E-state index in [1.54, 1.807) is 11.8 Å². The van der Waals surface area contributed by atoms with Crippen LogP contribution in [0.2, 0.25) is 0 Å². The molecule has 0 unspecified atom stereocenters. The number of aliphatic hydroxyl groups excluding tert-OH is 1. The van der Waals surface area contributed by atoms with E-state index >= 15 is 0 Å². The highest BCUT2D eigenvalue weighted by Crippen LogP contribution is 2.27. The smallest absolute Gasteiger partial charge is 0.192 e. The number of benzene rings is 1. The molecule has 1 aromatic carbocycles. The zero-order valence-electron chi connectivity index (χ0n) is 12.3. The highest BCUT2D eigenvalue weighted by Gasteiger charge is 2.08. The van der Waals surface area contributed by atoms with Crippen LogP contribution in [0, 0.1) is 20.8 Å². The van der Waals surface area contributed by atoms with E-state index in [1.807, 2.05) is 52.0 Å². The van der Waals surface area contributed by atoms with Gasteiger partial charge in [0.25, 0.3) is 0 Å². The zero-order valence-corrected chi connectivity index (χ0v) is 13.2. The van der Waals surface area contributed by atoms with Crippen LogP contribution >= 0.6 is 11.8 Å². The fourth-order valence-electron chi connectivity index (χ4n) is 1.89. The average molecular weight is 288 g/mol. The van der Waals surface area contributed by atoms with Gasteiger partial charge in [-0.3, -0.25) is 0 Å². The Morgan fingerprint density at radius 1 is 1.05 bits per heavy atom. The second-order valence-electron chi connectivity index (χ2n) is 4.90. The van der Waals surface area contributed by atoms with Crippen LogP contribution in [0.25, 0.3) is 0 Å². The molecule has 2 rings (SSSR count). The first kappa shape index (κ1) is 15.0. The first-order valence-corrected chi connectivity index (χ1v) is 7.60. The average Bonchev–Trinajstić information content (AvgIpc) is 2.44. The van der Waals surface area contributed by atoms with E-state index in [0.717, 1.165) is 39.0 Å². The molecule has 4 heteroatoms. The van der Waals surface area contributed by atoms with Crippen LogP contribution in [0.15, 0.2) is 34.3 Å². The predicted octanol–water partition coefficient (Wildman–Crippen LogP) is 4.00. The fraction of sp³-hybridized carbons (Fsp3) is 0.375. The molecule has 2 aromatic rings. The molecule has 0 spiro atoms. The first-order chi connectivity index (χ1) is 9.51. The summed E-state index contributed by atoms with van der Waals surface area (Å²) in [6, 6.07) is 7.94. The van der Waals surface area contributed by atoms with Crippen molar-refractivity contribution in [2.75, 3.05) is 0 Å². The second-order valence-corrected chi connectivity index (χ2v) is 5.94. The molecular formula is C16H20N2OS. The third kappa shape index (κ3) is 3.38. The molecule has 20 heavy (non-hydrogen) atoms. The molecule has 0 saturated carbocycles. The van der Waals surface area contributed by atoms with E-state index in [9.17, 15) is 5.11 Å². The summed E-state index contributed by atoms with van der Waals surface area (Å²) in [5.74, 6) is 0. The largest absolute Gasteiger partial charge is 0.388 e. The lowest BCUT2D eigenvalue weighted by molar-refractivity contribution is 0.173. The predicted molar refractivity (Wildman–Crippen MR) is 82.1 cm³/mol. The molecular weight excluding hydrogens is 268 g/mol. The van der Waals surface area contributed by atoms with Crippen LogP contribution in [0.1, 0.15) is 42.0 Å². The van der Waals surface area contributed by atoms with Crippen molar-refractivity contribution < 1.29 is 5.11 Å². The highest BCUT2D eigenvalue weighted by atomic mass is 32.2. The van der Waals surface area contributed by atoms with Gasteiger partial charge in [0.2, 0.25) is 0 Å². The molecule has 0 bridgehead atoms. The standard InChI is InChI=1S/C16H20N2OS/c1-5-15(19)13-6-8-14(9-7-13)20-16-17-11(3)10(2)12(4)18-16/h6-9,15,19H,5H2,1-4H3/t15-/m1/s1. The number of aryl methyl sites for hydroxylation is 2. The molecule has 1 heterocycles. The summed E-state index contributed by atoms with van der Waals surface area (Å²) in [4.78, 5) is 10.1. The van der Waals surface area contributed by atoms with Crippen molar-refractivity contribution >= 4 is 11.8 Å². The van der Waals surface area contributed by atoms with Gasteiger partial charge in [0.15, 0.2) is 5.16 Å². The zero-order chi connectivity index (χ0) is 14.7. The van der Waals surface area contributed by atoms with Crippen LogP contribution in [-0.2, 0) is 0 Å². The lowest BCUT2D eigenvalue weighted by Crippen LogP contribution is -1.98. The lowest BCUT2D eigenvalue weighted by Gasteiger charge is -2.09. The minimum atomic E-state index is -0.380. The Balaban J connectivity index is 2.18. The number of aromatic nitrogens is 2. The molecule has 0 amide bonds. The molecule has 0 fully saturated rings. The summed E-state index contributed by atoms with van der Waals surface area (Å²) in [5.41, 5.74) is 4.15. The van der Waals surface area contributed by atoms with Crippen molar-refractivity contribution in [3.63, 3.8) is 0 Å². The summed E-state index contributed by atoms with van der Waals surface area (Å²) in [6.45, 7) is 8.03. The molecule has 0 radical (unpaired) electrons. The van der Waals surface area contributed by atoms with Gasteiger partial charge in [-0.25, -0.2) is 9.97 Å². The molecule has 1 N–H and O–H groups in total. The van der Waals surface area contributed by atoms with Crippen molar-refractivity contribution in [1.82, 2.24) is 9.97 Å². The van der Waals surface area contributed by atoms with Crippen LogP contribution in [0.5, 0.6) is 0 Å². The van der Waals surface area contributed by atoms with Gasteiger partial charge in [-0.15, -0.1) is 0 Å². The van der Waals surface area contributed by atoms with Crippen molar-refractivity contribution in [2.45, 2.75) is 50.3 Å². The summed E-state index contributed by atoms with van der Waals surface area (Å²) in [7, 11) is 0. The van der Waals surface area contributed by atoms with Crippen molar-refractivity contribution in [2.24, 2.45) is 0 Å². The quantitative estimate of drug-likeness (QED) is 0.864. The maximum Gasteiger partial charge on any atom is 0.192 e. The van der Waals surface area contributed by atoms with E-state index in [1.165, 1.54) is 0 Å². The van der Waals surface area contributed by atoms with Gasteiger partial charge in [-0.1, -0.05) is 19.1 Å². The number of nitrogens with zero attached hydrogens (tertiary/aromatic N) is 2. The Morgan fingerprint density at radius 3 is 2.10 bits per heavy atom. The van der Waals surface area contributed by atoms with E-state index in [2.05, 4.69) is 9.97 Å². The van der Waals surface area contributed by atoms with Crippen molar-refractivity contribution in [3.8, 4) is 0 Å². The van der Waals surface area contributed by atoms with Gasteiger partial charge in [0.05, 0.1) is 6.10 Å². The fourth-order valence-corrected chi connectivity index (χ4v) is 2.73. The second kappa shape index (κ2) is 6.37. The number of hydrogen-bond acceptors (Lipinski definition) is 4. The van der Waals surface area contributed by atoms with Crippen molar-refractivity contribution in [3.05, 3.63) is 46.8 Å². The number of aliphatic hydroxyl groups is 1. The first-order valence-electron chi connectivity index (χ1n) is 6.79. The van der Waals surface area contributed by atoms with E-state index in [-0.39, 0.29) is 6.10 Å². The number of hydrogen-bond donors (Lipinski definition) is 1. The monoisotopic (exact) mass is 288 g/mol. The molecule has 1 atom stereocenters. The third-order valence-electron chi connectivity index (χ3n) is 3.47. The van der Waals surface area contributed by atoms with Crippen molar-refractivity contribution in [1.29, 1.82) is 0 Å². The van der Waals surface area contributed by atoms with Crippen LogP contribution in [0.3, 0.4) is 0 Å². The molecule has 0 aliphatic carbocycles. The maximum absolute atomic E-state index is 9.78. The Bertz CT molecular complexity index is 573. The summed E-state index contributed by atoms with van der Waals surface area (Å²) in [5, 5.41) is 10.6. The Morgan fingerprint density at radius 2 is 1.60 bits per heavy atom. The topological polar surface area (TPSA) is 46.0 Å². The van der Waals surface area contributed by atoms with E-state index < -0.39 is 0 Å². The highest BCUT2D eigenvalue weighted by molar-refractivity contribution is 7.99. The van der Waals surface area contributed by atoms with Gasteiger partial charge in [-0.2, -0.15) is 0 Å². The van der Waals surface area contributed by atoms with Crippen LogP contribution in [0.4, 0.5) is 0 Å². The summed E-state index contributed by atoms with van der Waals surface area (Å²) in [6.07, 6.45) is 0.348. The minimum Gasteiger partial charge on any atom is -0.388 e. The van der Waals surface area contributed by atoms with Crippen LogP contribution in [-0.4, -0.2) is 15.1 Å². The molecule has 0 aliphatic heterocycles. The van der Waals surface area contributed by atoms with E-state index in [4.69, 9.17) is 0 Å². The summed E-state index contributed by atoms with van der Waals surface area (Å²) < 4.78 is 0. The number of rotatable bonds is 4. The lowest BCUT2D eigenvalue weighted by atomic mass is 10.1. The normalized spacial score (nSPS) is 12.4.